The summed E-state index contributed by atoms with van der Waals surface area (Å²) in [6.07, 6.45) is 0. The highest BCUT2D eigenvalue weighted by Gasteiger charge is 2.17. The average Bonchev–Trinajstić information content (AvgIpc) is 3.72. The number of hydrogen-bond acceptors (Lipinski definition) is 0. The molecule has 242 valence electrons. The fourth-order valence-corrected chi connectivity index (χ4v) is 8.53. The highest BCUT2D eigenvalue weighted by Crippen LogP contribution is 2.40. The SMILES string of the molecule is c1ccc(-c2cccc3cc(-n4c5ccccc5c5cc(-c6ccc7c(c6)c6ccccc6n7-c6cccc7ccccc67)ccc54)ccc23)cc1. The molecule has 2 nitrogen and oxygen atoms in total. The lowest BCUT2D eigenvalue weighted by atomic mass is 9.98. The second-order valence-electron chi connectivity index (χ2n) is 13.7. The summed E-state index contributed by atoms with van der Waals surface area (Å²) in [7, 11) is 0. The molecular weight excluding hydrogens is 629 g/mol. The van der Waals surface area contributed by atoms with Crippen molar-refractivity contribution in [1.82, 2.24) is 9.13 Å². The first-order chi connectivity index (χ1) is 25.8. The van der Waals surface area contributed by atoms with Gasteiger partial charge in [-0.1, -0.05) is 140 Å². The Kier molecular flexibility index (Phi) is 6.28. The first-order valence-electron chi connectivity index (χ1n) is 17.9. The largest absolute Gasteiger partial charge is 0.309 e. The van der Waals surface area contributed by atoms with E-state index in [1.165, 1.54) is 98.8 Å². The molecule has 0 spiro atoms. The minimum absolute atomic E-state index is 1.17. The molecule has 11 rings (SSSR count). The van der Waals surface area contributed by atoms with Crippen LogP contribution >= 0.6 is 0 Å². The van der Waals surface area contributed by atoms with Crippen LogP contribution in [0.4, 0.5) is 0 Å². The summed E-state index contributed by atoms with van der Waals surface area (Å²) in [5, 5.41) is 10.0. The first kappa shape index (κ1) is 28.9. The van der Waals surface area contributed by atoms with E-state index in [-0.39, 0.29) is 0 Å². The standard InChI is InChI=1S/C50H32N2/c1-2-12-33(13-3-1)39-20-10-16-37-30-38(26-27-40(37)39)51-47-21-8-6-18-42(47)44-31-35(24-28-49(44)51)36-25-29-50-45(32-36)43-19-7-9-22-48(43)52(50)46-23-11-15-34-14-4-5-17-41(34)46/h1-32H. The molecule has 0 unspecified atom stereocenters. The molecular formula is C50H32N2. The first-order valence-corrected chi connectivity index (χ1v) is 17.9. The van der Waals surface area contributed by atoms with Crippen LogP contribution < -0.4 is 0 Å². The van der Waals surface area contributed by atoms with E-state index in [0.29, 0.717) is 0 Å². The van der Waals surface area contributed by atoms with Crippen molar-refractivity contribution in [3.8, 4) is 33.6 Å². The molecule has 0 saturated heterocycles. The Morgan fingerprint density at radius 3 is 1.58 bits per heavy atom. The number of hydrogen-bond donors (Lipinski definition) is 0. The van der Waals surface area contributed by atoms with Crippen molar-refractivity contribution in [2.75, 3.05) is 0 Å². The smallest absolute Gasteiger partial charge is 0.0541 e. The van der Waals surface area contributed by atoms with E-state index < -0.39 is 0 Å². The summed E-state index contributed by atoms with van der Waals surface area (Å²) < 4.78 is 4.85. The van der Waals surface area contributed by atoms with Gasteiger partial charge in [-0.05, 0) is 93.0 Å². The van der Waals surface area contributed by atoms with E-state index in [1.807, 2.05) is 0 Å². The summed E-state index contributed by atoms with van der Waals surface area (Å²) in [5.41, 5.74) is 12.1. The van der Waals surface area contributed by atoms with Crippen LogP contribution in [0.25, 0.3) is 98.8 Å². The summed E-state index contributed by atoms with van der Waals surface area (Å²) in [6.45, 7) is 0. The zero-order chi connectivity index (χ0) is 34.2. The van der Waals surface area contributed by atoms with Crippen LogP contribution in [0.2, 0.25) is 0 Å². The fourth-order valence-electron chi connectivity index (χ4n) is 8.53. The van der Waals surface area contributed by atoms with Crippen LogP contribution in [0, 0.1) is 0 Å². The van der Waals surface area contributed by atoms with Gasteiger partial charge < -0.3 is 9.13 Å². The molecule has 0 aliphatic carbocycles. The summed E-state index contributed by atoms with van der Waals surface area (Å²) in [6, 6.07) is 71.0. The van der Waals surface area contributed by atoms with Crippen LogP contribution in [0.15, 0.2) is 194 Å². The maximum absolute atomic E-state index is 2.43. The van der Waals surface area contributed by atoms with Gasteiger partial charge in [0.25, 0.3) is 0 Å². The molecule has 0 bridgehead atoms. The molecule has 9 aromatic carbocycles. The van der Waals surface area contributed by atoms with Gasteiger partial charge >= 0.3 is 0 Å². The summed E-state index contributed by atoms with van der Waals surface area (Å²) in [4.78, 5) is 0. The molecule has 2 heteroatoms. The predicted molar refractivity (Wildman–Crippen MR) is 221 cm³/mol. The maximum atomic E-state index is 2.43. The Labute approximate surface area is 301 Å². The van der Waals surface area contributed by atoms with E-state index in [1.54, 1.807) is 0 Å². The normalized spacial score (nSPS) is 11.8. The van der Waals surface area contributed by atoms with Gasteiger partial charge in [-0.3, -0.25) is 0 Å². The Hall–Kier alpha value is -6.90. The van der Waals surface area contributed by atoms with Crippen molar-refractivity contribution in [2.45, 2.75) is 0 Å². The van der Waals surface area contributed by atoms with Gasteiger partial charge in [0.1, 0.15) is 0 Å². The Morgan fingerprint density at radius 2 is 0.827 bits per heavy atom. The maximum Gasteiger partial charge on any atom is 0.0541 e. The topological polar surface area (TPSA) is 9.86 Å². The van der Waals surface area contributed by atoms with Crippen molar-refractivity contribution in [1.29, 1.82) is 0 Å². The third-order valence-corrected chi connectivity index (χ3v) is 10.9. The van der Waals surface area contributed by atoms with Crippen molar-refractivity contribution in [3.05, 3.63) is 194 Å². The molecule has 11 aromatic rings. The van der Waals surface area contributed by atoms with Gasteiger partial charge in [-0.2, -0.15) is 0 Å². The van der Waals surface area contributed by atoms with Crippen molar-refractivity contribution in [2.24, 2.45) is 0 Å². The zero-order valence-corrected chi connectivity index (χ0v) is 28.4. The van der Waals surface area contributed by atoms with Gasteiger partial charge in [0.15, 0.2) is 0 Å². The molecule has 0 aliphatic heterocycles. The lowest BCUT2D eigenvalue weighted by molar-refractivity contribution is 1.19. The lowest BCUT2D eigenvalue weighted by Crippen LogP contribution is -1.95. The average molecular weight is 661 g/mol. The molecule has 2 aromatic heterocycles. The van der Waals surface area contributed by atoms with Gasteiger partial charge in [0, 0.05) is 32.6 Å². The quantitative estimate of drug-likeness (QED) is 0.178. The van der Waals surface area contributed by atoms with E-state index in [4.69, 9.17) is 0 Å². The molecule has 0 radical (unpaired) electrons. The molecule has 52 heavy (non-hydrogen) atoms. The molecule has 0 aliphatic rings. The van der Waals surface area contributed by atoms with Gasteiger partial charge in [0.2, 0.25) is 0 Å². The third kappa shape index (κ3) is 4.31. The highest BCUT2D eigenvalue weighted by atomic mass is 15.0. The van der Waals surface area contributed by atoms with Crippen LogP contribution in [0.3, 0.4) is 0 Å². The second-order valence-corrected chi connectivity index (χ2v) is 13.7. The van der Waals surface area contributed by atoms with Gasteiger partial charge in [0.05, 0.1) is 27.8 Å². The number of aromatic nitrogens is 2. The van der Waals surface area contributed by atoms with Gasteiger partial charge in [-0.25, -0.2) is 0 Å². The predicted octanol–water partition coefficient (Wildman–Crippen LogP) is 13.5. The highest BCUT2D eigenvalue weighted by molar-refractivity contribution is 6.13. The lowest BCUT2D eigenvalue weighted by Gasteiger charge is -2.12. The summed E-state index contributed by atoms with van der Waals surface area (Å²) in [5.74, 6) is 0. The van der Waals surface area contributed by atoms with E-state index in [2.05, 4.69) is 203 Å². The zero-order valence-electron chi connectivity index (χ0n) is 28.4. The monoisotopic (exact) mass is 660 g/mol. The molecule has 0 saturated carbocycles. The van der Waals surface area contributed by atoms with Crippen molar-refractivity contribution in [3.63, 3.8) is 0 Å². The number of para-hydroxylation sites is 2. The van der Waals surface area contributed by atoms with E-state index >= 15 is 0 Å². The molecule has 0 amide bonds. The molecule has 0 fully saturated rings. The van der Waals surface area contributed by atoms with E-state index in [9.17, 15) is 0 Å². The number of benzene rings is 9. The van der Waals surface area contributed by atoms with Crippen LogP contribution in [0.5, 0.6) is 0 Å². The second kappa shape index (κ2) is 11.3. The number of rotatable bonds is 4. The minimum atomic E-state index is 1.17. The van der Waals surface area contributed by atoms with Crippen LogP contribution in [0.1, 0.15) is 0 Å². The molecule has 0 N–H and O–H groups in total. The fraction of sp³-hybridized carbons (Fsp3) is 0. The van der Waals surface area contributed by atoms with Crippen molar-refractivity contribution < 1.29 is 0 Å². The minimum Gasteiger partial charge on any atom is -0.309 e. The molecule has 2 heterocycles. The number of nitrogens with zero attached hydrogens (tertiary/aromatic N) is 2. The Bertz CT molecular complexity index is 3170. The van der Waals surface area contributed by atoms with Crippen LogP contribution in [-0.4, -0.2) is 9.13 Å². The Morgan fingerprint density at radius 1 is 0.269 bits per heavy atom. The van der Waals surface area contributed by atoms with Gasteiger partial charge in [-0.15, -0.1) is 0 Å². The molecule has 0 atom stereocenters. The third-order valence-electron chi connectivity index (χ3n) is 10.9. The van der Waals surface area contributed by atoms with Crippen molar-refractivity contribution >= 4 is 65.2 Å². The summed E-state index contributed by atoms with van der Waals surface area (Å²) >= 11 is 0. The number of fused-ring (bicyclic) bond motifs is 8. The van der Waals surface area contributed by atoms with Crippen LogP contribution in [-0.2, 0) is 0 Å². The van der Waals surface area contributed by atoms with E-state index in [0.717, 1.165) is 0 Å². The Balaban J connectivity index is 1.08.